The monoisotopic (exact) mass is 421 g/mol. The number of hydrogen-bond donors (Lipinski definition) is 1. The van der Waals surface area contributed by atoms with E-state index in [1.165, 1.54) is 30.4 Å². The second-order valence-electron chi connectivity index (χ2n) is 7.70. The van der Waals surface area contributed by atoms with E-state index in [4.69, 9.17) is 0 Å². The maximum Gasteiger partial charge on any atom is 0.269 e. The first kappa shape index (κ1) is 20.5. The van der Waals surface area contributed by atoms with Crippen molar-refractivity contribution < 1.29 is 18.0 Å². The van der Waals surface area contributed by atoms with Gasteiger partial charge in [-0.25, -0.2) is 17.7 Å². The van der Waals surface area contributed by atoms with Crippen molar-refractivity contribution in [2.45, 2.75) is 50.5 Å². The number of hydrogen-bond acceptors (Lipinski definition) is 6. The topological polar surface area (TPSA) is 96.4 Å². The predicted molar refractivity (Wildman–Crippen MR) is 107 cm³/mol. The van der Waals surface area contributed by atoms with Crippen LogP contribution in [0.1, 0.15) is 48.8 Å². The van der Waals surface area contributed by atoms with Crippen molar-refractivity contribution in [2.75, 3.05) is 6.54 Å². The van der Waals surface area contributed by atoms with Crippen LogP contribution in [0.5, 0.6) is 0 Å². The number of aromatic nitrogens is 1. The summed E-state index contributed by atoms with van der Waals surface area (Å²) in [5.74, 6) is -1.19. The van der Waals surface area contributed by atoms with E-state index in [1.54, 1.807) is 12.1 Å². The van der Waals surface area contributed by atoms with Crippen molar-refractivity contribution in [3.05, 3.63) is 45.9 Å². The van der Waals surface area contributed by atoms with Gasteiger partial charge in [-0.05, 0) is 19.1 Å². The molecule has 1 aromatic heterocycles. The number of nitrogens with one attached hydrogen (secondary N) is 1. The van der Waals surface area contributed by atoms with Crippen LogP contribution in [0, 0.1) is 0 Å². The van der Waals surface area contributed by atoms with Gasteiger partial charge in [-0.2, -0.15) is 0 Å². The van der Waals surface area contributed by atoms with Crippen molar-refractivity contribution in [3.8, 4) is 0 Å². The van der Waals surface area contributed by atoms with Crippen LogP contribution in [0.4, 0.5) is 0 Å². The fourth-order valence-corrected chi connectivity index (χ4v) is 5.65. The molecule has 0 bridgehead atoms. The lowest BCUT2D eigenvalue weighted by Crippen LogP contribution is -2.48. The van der Waals surface area contributed by atoms with Gasteiger partial charge in [-0.15, -0.1) is 11.3 Å². The van der Waals surface area contributed by atoms with E-state index in [2.05, 4.69) is 31.1 Å². The van der Waals surface area contributed by atoms with Crippen LogP contribution in [-0.2, 0) is 26.7 Å². The van der Waals surface area contributed by atoms with Crippen LogP contribution in [-0.4, -0.2) is 42.1 Å². The maximum atomic E-state index is 12.6. The van der Waals surface area contributed by atoms with Gasteiger partial charge < -0.3 is 5.32 Å². The first-order valence-corrected chi connectivity index (χ1v) is 11.3. The Balaban J connectivity index is 1.64. The van der Waals surface area contributed by atoms with Crippen molar-refractivity contribution in [1.82, 2.24) is 14.6 Å². The summed E-state index contributed by atoms with van der Waals surface area (Å²) in [6.07, 6.45) is 0.542. The Morgan fingerprint density at radius 3 is 2.57 bits per heavy atom. The fourth-order valence-electron chi connectivity index (χ4n) is 2.90. The molecule has 1 atom stereocenters. The fraction of sp³-hybridized carbons (Fsp3) is 0.421. The number of thiazole rings is 1. The van der Waals surface area contributed by atoms with E-state index in [9.17, 15) is 18.0 Å². The lowest BCUT2D eigenvalue weighted by molar-refractivity contribution is -0.123. The average molecular weight is 422 g/mol. The number of carbonyl (C=O) groups excluding carboxylic acids is 2. The molecule has 1 aliphatic heterocycles. The highest BCUT2D eigenvalue weighted by molar-refractivity contribution is 7.90. The zero-order valence-electron chi connectivity index (χ0n) is 16.2. The zero-order chi connectivity index (χ0) is 20.7. The molecule has 0 radical (unpaired) electrons. The summed E-state index contributed by atoms with van der Waals surface area (Å²) in [6, 6.07) is 4.85. The number of fused-ring (bicyclic) bond motifs is 1. The first-order chi connectivity index (χ1) is 13.0. The molecule has 1 aliphatic rings. The highest BCUT2D eigenvalue weighted by Gasteiger charge is 2.45. The van der Waals surface area contributed by atoms with Crippen LogP contribution >= 0.6 is 11.3 Å². The number of amides is 2. The minimum atomic E-state index is -4.02. The van der Waals surface area contributed by atoms with Gasteiger partial charge in [0.1, 0.15) is 10.9 Å². The quantitative estimate of drug-likeness (QED) is 0.799. The Bertz CT molecular complexity index is 1020. The highest BCUT2D eigenvalue weighted by Crippen LogP contribution is 2.31. The summed E-state index contributed by atoms with van der Waals surface area (Å²) < 4.78 is 26.0. The minimum Gasteiger partial charge on any atom is -0.354 e. The molecule has 0 fully saturated rings. The summed E-state index contributed by atoms with van der Waals surface area (Å²) in [5.41, 5.74) is 1.06. The second-order valence-corrected chi connectivity index (χ2v) is 10.4. The van der Waals surface area contributed by atoms with E-state index in [1.807, 2.05) is 5.38 Å². The molecule has 1 unspecified atom stereocenters. The lowest BCUT2D eigenvalue weighted by Gasteiger charge is -2.22. The molecule has 2 amide bonds. The molecule has 0 spiro atoms. The van der Waals surface area contributed by atoms with Gasteiger partial charge in [0.15, 0.2) is 0 Å². The molecule has 1 N–H and O–H groups in total. The van der Waals surface area contributed by atoms with E-state index in [-0.39, 0.29) is 15.9 Å². The van der Waals surface area contributed by atoms with Crippen molar-refractivity contribution >= 4 is 33.2 Å². The Hall–Kier alpha value is -2.26. The Morgan fingerprint density at radius 1 is 1.29 bits per heavy atom. The first-order valence-electron chi connectivity index (χ1n) is 8.94. The van der Waals surface area contributed by atoms with Crippen molar-refractivity contribution in [1.29, 1.82) is 0 Å². The van der Waals surface area contributed by atoms with Crippen molar-refractivity contribution in [2.24, 2.45) is 0 Å². The molecule has 2 heterocycles. The average Bonchev–Trinajstić information content (AvgIpc) is 3.17. The number of nitrogens with zero attached hydrogens (tertiary/aromatic N) is 2. The molecule has 9 heteroatoms. The summed E-state index contributed by atoms with van der Waals surface area (Å²) in [6.45, 7) is 7.98. The van der Waals surface area contributed by atoms with Crippen LogP contribution in [0.2, 0.25) is 0 Å². The van der Waals surface area contributed by atoms with Gasteiger partial charge in [0, 0.05) is 23.8 Å². The van der Waals surface area contributed by atoms with Crippen molar-refractivity contribution in [3.63, 3.8) is 0 Å². The third-order valence-corrected chi connectivity index (χ3v) is 7.36. The molecule has 7 nitrogen and oxygen atoms in total. The van der Waals surface area contributed by atoms with Gasteiger partial charge in [0.05, 0.1) is 16.3 Å². The third kappa shape index (κ3) is 3.68. The second kappa shape index (κ2) is 7.29. The Morgan fingerprint density at radius 2 is 1.96 bits per heavy atom. The third-order valence-electron chi connectivity index (χ3n) is 4.54. The van der Waals surface area contributed by atoms with Gasteiger partial charge >= 0.3 is 0 Å². The van der Waals surface area contributed by atoms with Crippen LogP contribution in [0.25, 0.3) is 0 Å². The Labute approximate surface area is 168 Å². The number of rotatable bonds is 5. The van der Waals surface area contributed by atoms with Gasteiger partial charge in [0.2, 0.25) is 5.91 Å². The van der Waals surface area contributed by atoms with E-state index in [0.717, 1.165) is 10.7 Å². The summed E-state index contributed by atoms with van der Waals surface area (Å²) in [7, 11) is -4.02. The van der Waals surface area contributed by atoms with Gasteiger partial charge in [0.25, 0.3) is 15.9 Å². The standard InChI is InChI=1S/C19H23N3O4S2/c1-12(22-18(24)13-7-5-6-8-14(13)28(22,25)26)17(23)20-10-9-16-21-15(11-27-16)19(2,3)4/h5-8,11-12H,9-10H2,1-4H3,(H,20,23). The zero-order valence-corrected chi connectivity index (χ0v) is 17.9. The molecule has 1 aromatic carbocycles. The Kier molecular flexibility index (Phi) is 5.33. The molecule has 150 valence electrons. The molecule has 0 saturated heterocycles. The van der Waals surface area contributed by atoms with E-state index >= 15 is 0 Å². The predicted octanol–water partition coefficient (Wildman–Crippen LogP) is 2.33. The van der Waals surface area contributed by atoms with Gasteiger partial charge in [-0.1, -0.05) is 32.9 Å². The molecule has 0 aliphatic carbocycles. The van der Waals surface area contributed by atoms with E-state index in [0.29, 0.717) is 17.3 Å². The van der Waals surface area contributed by atoms with E-state index < -0.39 is 27.9 Å². The number of sulfonamides is 1. The SMILES string of the molecule is CC(C(=O)NCCc1nc(C(C)(C)C)cs1)N1C(=O)c2ccccc2S1(=O)=O. The molecular weight excluding hydrogens is 398 g/mol. The van der Waals surface area contributed by atoms with Crippen LogP contribution in [0.15, 0.2) is 34.5 Å². The summed E-state index contributed by atoms with van der Waals surface area (Å²) in [5, 5.41) is 5.62. The molecule has 0 saturated carbocycles. The number of benzene rings is 1. The molecule has 28 heavy (non-hydrogen) atoms. The molecular formula is C19H23N3O4S2. The molecule has 2 aromatic rings. The van der Waals surface area contributed by atoms with Crippen LogP contribution in [0.3, 0.4) is 0 Å². The lowest BCUT2D eigenvalue weighted by atomic mass is 9.93. The number of carbonyl (C=O) groups is 2. The smallest absolute Gasteiger partial charge is 0.269 e. The summed E-state index contributed by atoms with van der Waals surface area (Å²) >= 11 is 1.53. The highest BCUT2D eigenvalue weighted by atomic mass is 32.2. The van der Waals surface area contributed by atoms with Crippen LogP contribution < -0.4 is 5.32 Å². The molecule has 3 rings (SSSR count). The maximum absolute atomic E-state index is 12.6. The minimum absolute atomic E-state index is 0.0357. The summed E-state index contributed by atoms with van der Waals surface area (Å²) in [4.78, 5) is 29.5. The largest absolute Gasteiger partial charge is 0.354 e. The normalized spacial score (nSPS) is 16.7. The van der Waals surface area contributed by atoms with Gasteiger partial charge in [-0.3, -0.25) is 9.59 Å².